The first-order valence-corrected chi connectivity index (χ1v) is 9.15. The van der Waals surface area contributed by atoms with Crippen molar-refractivity contribution in [3.63, 3.8) is 0 Å². The van der Waals surface area contributed by atoms with Crippen LogP contribution in [0.25, 0.3) is 10.9 Å². The fourth-order valence-electron chi connectivity index (χ4n) is 3.51. The molecule has 0 bridgehead atoms. The Labute approximate surface area is 162 Å². The minimum Gasteiger partial charge on any atom is -0.457 e. The SMILES string of the molecule is CN(C)C(=O)[C@H]1CCN(c2ccc(Oc3ccnc4c(F)cncc34)cc2)C1. The summed E-state index contributed by atoms with van der Waals surface area (Å²) in [7, 11) is 3.59. The van der Waals surface area contributed by atoms with Crippen molar-refractivity contribution in [2.75, 3.05) is 32.1 Å². The Morgan fingerprint density at radius 1 is 1.21 bits per heavy atom. The van der Waals surface area contributed by atoms with Gasteiger partial charge in [-0.1, -0.05) is 0 Å². The van der Waals surface area contributed by atoms with E-state index in [1.54, 1.807) is 31.3 Å². The predicted molar refractivity (Wildman–Crippen MR) is 105 cm³/mol. The Bertz CT molecular complexity index is 1010. The monoisotopic (exact) mass is 380 g/mol. The molecule has 7 heteroatoms. The summed E-state index contributed by atoms with van der Waals surface area (Å²) >= 11 is 0. The van der Waals surface area contributed by atoms with E-state index in [1.165, 1.54) is 6.20 Å². The van der Waals surface area contributed by atoms with Crippen LogP contribution in [0.15, 0.2) is 48.9 Å². The van der Waals surface area contributed by atoms with Crippen LogP contribution >= 0.6 is 0 Å². The quantitative estimate of drug-likeness (QED) is 0.694. The van der Waals surface area contributed by atoms with Crippen molar-refractivity contribution in [3.05, 3.63) is 54.7 Å². The van der Waals surface area contributed by atoms with Gasteiger partial charge in [0.1, 0.15) is 17.0 Å². The second kappa shape index (κ2) is 7.42. The molecule has 2 aromatic heterocycles. The molecule has 4 rings (SSSR count). The van der Waals surface area contributed by atoms with Crippen molar-refractivity contribution < 1.29 is 13.9 Å². The number of pyridine rings is 2. The van der Waals surface area contributed by atoms with Crippen LogP contribution in [0.5, 0.6) is 11.5 Å². The number of carbonyl (C=O) groups excluding carboxylic acids is 1. The van der Waals surface area contributed by atoms with E-state index in [0.717, 1.165) is 31.4 Å². The molecule has 1 fully saturated rings. The maximum atomic E-state index is 13.9. The third-order valence-electron chi connectivity index (χ3n) is 4.98. The number of rotatable bonds is 4. The molecule has 0 unspecified atom stereocenters. The molecule has 1 aromatic carbocycles. The van der Waals surface area contributed by atoms with Gasteiger partial charge in [-0.25, -0.2) is 4.39 Å². The molecular weight excluding hydrogens is 359 g/mol. The van der Waals surface area contributed by atoms with Crippen LogP contribution in [0.2, 0.25) is 0 Å². The summed E-state index contributed by atoms with van der Waals surface area (Å²) in [5.74, 6) is 0.877. The van der Waals surface area contributed by atoms with Crippen molar-refractivity contribution in [1.29, 1.82) is 0 Å². The lowest BCUT2D eigenvalue weighted by molar-refractivity contribution is -0.132. The van der Waals surface area contributed by atoms with Crippen LogP contribution in [0.4, 0.5) is 10.1 Å². The van der Waals surface area contributed by atoms with E-state index in [9.17, 15) is 9.18 Å². The van der Waals surface area contributed by atoms with E-state index in [0.29, 0.717) is 16.9 Å². The molecule has 3 heterocycles. The lowest BCUT2D eigenvalue weighted by atomic mass is 10.1. The largest absolute Gasteiger partial charge is 0.457 e. The van der Waals surface area contributed by atoms with Crippen LogP contribution < -0.4 is 9.64 Å². The van der Waals surface area contributed by atoms with Crippen LogP contribution in [-0.4, -0.2) is 48.0 Å². The average molecular weight is 380 g/mol. The maximum Gasteiger partial charge on any atom is 0.227 e. The highest BCUT2D eigenvalue weighted by molar-refractivity contribution is 5.84. The summed E-state index contributed by atoms with van der Waals surface area (Å²) in [5.41, 5.74) is 1.28. The highest BCUT2D eigenvalue weighted by Crippen LogP contribution is 2.31. The Balaban J connectivity index is 1.49. The van der Waals surface area contributed by atoms with Crippen molar-refractivity contribution in [1.82, 2.24) is 14.9 Å². The molecule has 1 saturated heterocycles. The number of nitrogens with zero attached hydrogens (tertiary/aromatic N) is 4. The van der Waals surface area contributed by atoms with E-state index in [1.807, 2.05) is 24.3 Å². The van der Waals surface area contributed by atoms with Gasteiger partial charge in [0.05, 0.1) is 17.5 Å². The summed E-state index contributed by atoms with van der Waals surface area (Å²) in [6, 6.07) is 9.38. The topological polar surface area (TPSA) is 58.6 Å². The zero-order chi connectivity index (χ0) is 19.7. The number of aromatic nitrogens is 2. The van der Waals surface area contributed by atoms with Crippen molar-refractivity contribution in [2.45, 2.75) is 6.42 Å². The van der Waals surface area contributed by atoms with Gasteiger partial charge < -0.3 is 14.5 Å². The maximum absolute atomic E-state index is 13.9. The Hall–Kier alpha value is -3.22. The third-order valence-corrected chi connectivity index (χ3v) is 4.98. The lowest BCUT2D eigenvalue weighted by Crippen LogP contribution is -2.31. The van der Waals surface area contributed by atoms with Gasteiger partial charge in [0, 0.05) is 45.3 Å². The summed E-state index contributed by atoms with van der Waals surface area (Å²) < 4.78 is 19.8. The molecule has 0 N–H and O–H groups in total. The van der Waals surface area contributed by atoms with Gasteiger partial charge in [-0.3, -0.25) is 14.8 Å². The number of anilines is 1. The Morgan fingerprint density at radius 3 is 2.75 bits per heavy atom. The van der Waals surface area contributed by atoms with Crippen LogP contribution in [0.3, 0.4) is 0 Å². The number of halogens is 1. The average Bonchev–Trinajstić information content (AvgIpc) is 3.19. The van der Waals surface area contributed by atoms with E-state index in [2.05, 4.69) is 14.9 Å². The smallest absolute Gasteiger partial charge is 0.227 e. The molecular formula is C21H21FN4O2. The molecule has 0 saturated carbocycles. The summed E-state index contributed by atoms with van der Waals surface area (Å²) in [6.45, 7) is 1.57. The zero-order valence-corrected chi connectivity index (χ0v) is 15.8. The van der Waals surface area contributed by atoms with Gasteiger partial charge in [0.2, 0.25) is 5.91 Å². The van der Waals surface area contributed by atoms with Crippen molar-refractivity contribution in [2.24, 2.45) is 5.92 Å². The first-order chi connectivity index (χ1) is 13.5. The summed E-state index contributed by atoms with van der Waals surface area (Å²) in [6.07, 6.45) is 5.05. The molecule has 1 aliphatic rings. The highest BCUT2D eigenvalue weighted by atomic mass is 19.1. The Morgan fingerprint density at radius 2 is 2.00 bits per heavy atom. The summed E-state index contributed by atoms with van der Waals surface area (Å²) in [5, 5.41) is 0.524. The van der Waals surface area contributed by atoms with Crippen molar-refractivity contribution >= 4 is 22.5 Å². The molecule has 0 aliphatic carbocycles. The lowest BCUT2D eigenvalue weighted by Gasteiger charge is -2.20. The molecule has 1 atom stereocenters. The van der Waals surface area contributed by atoms with Gasteiger partial charge in [0.15, 0.2) is 5.82 Å². The molecule has 0 spiro atoms. The van der Waals surface area contributed by atoms with Gasteiger partial charge >= 0.3 is 0 Å². The summed E-state index contributed by atoms with van der Waals surface area (Å²) in [4.78, 5) is 23.9. The second-order valence-corrected chi connectivity index (χ2v) is 7.09. The number of hydrogen-bond donors (Lipinski definition) is 0. The number of benzene rings is 1. The van der Waals surface area contributed by atoms with Gasteiger partial charge in [-0.15, -0.1) is 0 Å². The molecule has 1 aliphatic heterocycles. The minimum atomic E-state index is -0.478. The first-order valence-electron chi connectivity index (χ1n) is 9.15. The molecule has 3 aromatic rings. The van der Waals surface area contributed by atoms with Crippen LogP contribution in [-0.2, 0) is 4.79 Å². The minimum absolute atomic E-state index is 0.0384. The first kappa shape index (κ1) is 18.2. The number of carbonyl (C=O) groups is 1. The van der Waals surface area contributed by atoms with Gasteiger partial charge in [-0.05, 0) is 36.8 Å². The van der Waals surface area contributed by atoms with E-state index >= 15 is 0 Å². The number of ether oxygens (including phenoxy) is 1. The van der Waals surface area contributed by atoms with Crippen molar-refractivity contribution in [3.8, 4) is 11.5 Å². The third kappa shape index (κ3) is 3.47. The molecule has 1 amide bonds. The van der Waals surface area contributed by atoms with E-state index < -0.39 is 5.82 Å². The highest BCUT2D eigenvalue weighted by Gasteiger charge is 2.29. The number of amides is 1. The number of hydrogen-bond acceptors (Lipinski definition) is 5. The van der Waals surface area contributed by atoms with Crippen LogP contribution in [0, 0.1) is 11.7 Å². The van der Waals surface area contributed by atoms with Crippen LogP contribution in [0.1, 0.15) is 6.42 Å². The molecule has 28 heavy (non-hydrogen) atoms. The normalized spacial score (nSPS) is 16.4. The van der Waals surface area contributed by atoms with E-state index in [4.69, 9.17) is 4.74 Å². The number of fused-ring (bicyclic) bond motifs is 1. The second-order valence-electron chi connectivity index (χ2n) is 7.09. The zero-order valence-electron chi connectivity index (χ0n) is 15.8. The molecule has 6 nitrogen and oxygen atoms in total. The fraction of sp³-hybridized carbons (Fsp3) is 0.286. The molecule has 0 radical (unpaired) electrons. The predicted octanol–water partition coefficient (Wildman–Crippen LogP) is 3.48. The van der Waals surface area contributed by atoms with Gasteiger partial charge in [-0.2, -0.15) is 0 Å². The standard InChI is InChI=1S/C21H21FN4O2/c1-25(2)21(27)14-8-10-26(13-14)15-3-5-16(6-4-15)28-19-7-9-24-20-17(19)11-23-12-18(20)22/h3-7,9,11-12,14H,8,10,13H2,1-2H3/t14-/m0/s1. The Kier molecular flexibility index (Phi) is 4.81. The molecule has 144 valence electrons. The fourth-order valence-corrected chi connectivity index (χ4v) is 3.51. The van der Waals surface area contributed by atoms with Gasteiger partial charge in [0.25, 0.3) is 0 Å². The van der Waals surface area contributed by atoms with E-state index in [-0.39, 0.29) is 17.3 Å².